The molecule has 0 bridgehead atoms. The molecule has 0 unspecified atom stereocenters. The van der Waals surface area contributed by atoms with Crippen LogP contribution < -0.4 is 14.4 Å². The van der Waals surface area contributed by atoms with E-state index in [-0.39, 0.29) is 15.7 Å². The van der Waals surface area contributed by atoms with Gasteiger partial charge in [0.25, 0.3) is 10.0 Å². The monoisotopic (exact) mass is 494 g/mol. The van der Waals surface area contributed by atoms with Gasteiger partial charge in [0.1, 0.15) is 4.90 Å². The molecule has 1 aliphatic rings. The smallest absolute Gasteiger partial charge is 0.265 e. The molecule has 0 saturated carbocycles. The molecule has 1 N–H and O–H groups in total. The maximum Gasteiger partial charge on any atom is 0.265 e. The first-order valence-corrected chi connectivity index (χ1v) is 11.0. The van der Waals surface area contributed by atoms with E-state index >= 15 is 0 Å². The number of hydrogen-bond donors (Lipinski definition) is 1. The minimum Gasteiger partial charge on any atom is -0.494 e. The van der Waals surface area contributed by atoms with Crippen molar-refractivity contribution in [1.82, 2.24) is 0 Å². The summed E-state index contributed by atoms with van der Waals surface area (Å²) >= 11 is 15.4. The van der Waals surface area contributed by atoms with E-state index in [0.29, 0.717) is 41.5 Å². The largest absolute Gasteiger partial charge is 0.494 e. The van der Waals surface area contributed by atoms with Gasteiger partial charge >= 0.3 is 0 Å². The fourth-order valence-electron chi connectivity index (χ4n) is 2.80. The van der Waals surface area contributed by atoms with Gasteiger partial charge in [-0.05, 0) is 46.3 Å². The summed E-state index contributed by atoms with van der Waals surface area (Å²) in [5.74, 6) is 0.168. The Bertz CT molecular complexity index is 950. The second-order valence-corrected chi connectivity index (χ2v) is 9.16. The number of ether oxygens (including phenoxy) is 2. The highest BCUT2D eigenvalue weighted by atomic mass is 79.9. The van der Waals surface area contributed by atoms with Crippen LogP contribution in [-0.2, 0) is 14.8 Å². The van der Waals surface area contributed by atoms with Gasteiger partial charge in [-0.2, -0.15) is 0 Å². The van der Waals surface area contributed by atoms with Crippen LogP contribution in [-0.4, -0.2) is 41.8 Å². The minimum absolute atomic E-state index is 0.0720. The van der Waals surface area contributed by atoms with Crippen LogP contribution in [0.1, 0.15) is 0 Å². The van der Waals surface area contributed by atoms with Gasteiger partial charge in [0.2, 0.25) is 0 Å². The second kappa shape index (κ2) is 8.45. The molecule has 0 amide bonds. The molecule has 2 aromatic carbocycles. The maximum absolute atomic E-state index is 13.1. The molecular formula is C17H17BrCl2N2O4S. The Morgan fingerprint density at radius 3 is 2.52 bits per heavy atom. The van der Waals surface area contributed by atoms with Gasteiger partial charge in [-0.1, -0.05) is 23.2 Å². The van der Waals surface area contributed by atoms with Gasteiger partial charge in [0.05, 0.1) is 36.2 Å². The molecule has 1 fully saturated rings. The molecule has 1 aliphatic heterocycles. The van der Waals surface area contributed by atoms with E-state index in [9.17, 15) is 8.42 Å². The molecule has 1 heterocycles. The maximum atomic E-state index is 13.1. The molecule has 10 heteroatoms. The fourth-order valence-corrected chi connectivity index (χ4v) is 5.43. The van der Waals surface area contributed by atoms with Crippen LogP contribution in [0.25, 0.3) is 0 Å². The Morgan fingerprint density at radius 2 is 1.85 bits per heavy atom. The summed E-state index contributed by atoms with van der Waals surface area (Å²) < 4.78 is 39.8. The third-order valence-corrected chi connectivity index (χ3v) is 6.44. The zero-order valence-corrected chi connectivity index (χ0v) is 18.3. The number of nitrogens with one attached hydrogen (secondary N) is 1. The molecule has 27 heavy (non-hydrogen) atoms. The standard InChI is InChI=1S/C17H17BrCl2N2O4S/c1-25-17-13(18)8-12(20)10-16(17)27(23,24)21-14-9-11(19)2-3-15(14)22-4-6-26-7-5-22/h2-3,8-10,21H,4-7H2,1H3. The van der Waals surface area contributed by atoms with Crippen LogP contribution in [0.15, 0.2) is 39.7 Å². The van der Waals surface area contributed by atoms with Gasteiger partial charge in [-0.15, -0.1) is 0 Å². The van der Waals surface area contributed by atoms with Crippen molar-refractivity contribution in [3.8, 4) is 5.75 Å². The number of morpholine rings is 1. The van der Waals surface area contributed by atoms with E-state index in [1.807, 2.05) is 4.90 Å². The fraction of sp³-hybridized carbons (Fsp3) is 0.294. The summed E-state index contributed by atoms with van der Waals surface area (Å²) in [6.45, 7) is 2.46. The van der Waals surface area contributed by atoms with Crippen LogP contribution in [0.5, 0.6) is 5.75 Å². The molecule has 2 aromatic rings. The average Bonchev–Trinajstić information content (AvgIpc) is 2.61. The predicted octanol–water partition coefficient (Wildman–Crippen LogP) is 4.40. The zero-order chi connectivity index (χ0) is 19.6. The number of anilines is 2. The Morgan fingerprint density at radius 1 is 1.15 bits per heavy atom. The number of rotatable bonds is 5. The Labute approximate surface area is 176 Å². The number of methoxy groups -OCH3 is 1. The summed E-state index contributed by atoms with van der Waals surface area (Å²) in [6, 6.07) is 8.00. The van der Waals surface area contributed by atoms with Crippen LogP contribution in [0.4, 0.5) is 11.4 Å². The van der Waals surface area contributed by atoms with Crippen LogP contribution in [0.3, 0.4) is 0 Å². The third-order valence-electron chi connectivity index (χ3n) is 4.02. The van der Waals surface area contributed by atoms with E-state index in [1.54, 1.807) is 24.3 Å². The van der Waals surface area contributed by atoms with Crippen molar-refractivity contribution < 1.29 is 17.9 Å². The predicted molar refractivity (Wildman–Crippen MR) is 111 cm³/mol. The van der Waals surface area contributed by atoms with Crippen molar-refractivity contribution in [1.29, 1.82) is 0 Å². The molecule has 1 saturated heterocycles. The number of hydrogen-bond acceptors (Lipinski definition) is 5. The molecule has 0 spiro atoms. The van der Waals surface area contributed by atoms with Gasteiger partial charge in [-0.25, -0.2) is 8.42 Å². The molecule has 0 atom stereocenters. The average molecular weight is 496 g/mol. The minimum atomic E-state index is -3.99. The molecule has 0 radical (unpaired) electrons. The van der Waals surface area contributed by atoms with Crippen LogP contribution >= 0.6 is 39.1 Å². The van der Waals surface area contributed by atoms with Crippen molar-refractivity contribution in [3.63, 3.8) is 0 Å². The molecule has 0 aliphatic carbocycles. The number of benzene rings is 2. The van der Waals surface area contributed by atoms with Crippen molar-refractivity contribution in [2.45, 2.75) is 4.90 Å². The van der Waals surface area contributed by atoms with E-state index in [2.05, 4.69) is 20.7 Å². The Balaban J connectivity index is 2.03. The van der Waals surface area contributed by atoms with Gasteiger partial charge in [-0.3, -0.25) is 4.72 Å². The first kappa shape index (κ1) is 20.5. The van der Waals surface area contributed by atoms with Gasteiger partial charge in [0.15, 0.2) is 5.75 Å². The lowest BCUT2D eigenvalue weighted by atomic mass is 10.2. The summed E-state index contributed by atoms with van der Waals surface area (Å²) in [7, 11) is -2.59. The van der Waals surface area contributed by atoms with E-state index in [1.165, 1.54) is 13.2 Å². The normalized spacial score (nSPS) is 14.9. The number of halogens is 3. The lowest BCUT2D eigenvalue weighted by Crippen LogP contribution is -2.36. The van der Waals surface area contributed by atoms with Crippen molar-refractivity contribution in [2.75, 3.05) is 43.0 Å². The molecule has 6 nitrogen and oxygen atoms in total. The van der Waals surface area contributed by atoms with Crippen molar-refractivity contribution in [2.24, 2.45) is 0 Å². The van der Waals surface area contributed by atoms with Crippen molar-refractivity contribution >= 4 is 60.5 Å². The highest BCUT2D eigenvalue weighted by Crippen LogP contribution is 2.38. The highest BCUT2D eigenvalue weighted by Gasteiger charge is 2.25. The van der Waals surface area contributed by atoms with Gasteiger partial charge < -0.3 is 14.4 Å². The van der Waals surface area contributed by atoms with Crippen molar-refractivity contribution in [3.05, 3.63) is 44.8 Å². The Hall–Kier alpha value is -1.19. The second-order valence-electron chi connectivity index (χ2n) is 5.79. The Kier molecular flexibility index (Phi) is 6.43. The molecular weight excluding hydrogens is 479 g/mol. The summed E-state index contributed by atoms with van der Waals surface area (Å²) in [5, 5.41) is 0.687. The van der Waals surface area contributed by atoms with Crippen LogP contribution in [0.2, 0.25) is 10.0 Å². The highest BCUT2D eigenvalue weighted by molar-refractivity contribution is 9.10. The van der Waals surface area contributed by atoms with Gasteiger partial charge in [0, 0.05) is 23.1 Å². The SMILES string of the molecule is COc1c(Br)cc(Cl)cc1S(=O)(=O)Nc1cc(Cl)ccc1N1CCOCC1. The quantitative estimate of drug-likeness (QED) is 0.665. The molecule has 3 rings (SSSR count). The zero-order valence-electron chi connectivity index (χ0n) is 14.3. The first-order chi connectivity index (χ1) is 12.8. The summed E-state index contributed by atoms with van der Waals surface area (Å²) in [5.41, 5.74) is 1.11. The van der Waals surface area contributed by atoms with E-state index in [0.717, 1.165) is 5.69 Å². The summed E-state index contributed by atoms with van der Waals surface area (Å²) in [6.07, 6.45) is 0. The lowest BCUT2D eigenvalue weighted by Gasteiger charge is -2.30. The molecule has 0 aromatic heterocycles. The van der Waals surface area contributed by atoms with E-state index in [4.69, 9.17) is 32.7 Å². The molecule has 146 valence electrons. The van der Waals surface area contributed by atoms with Crippen LogP contribution in [0, 0.1) is 0 Å². The topological polar surface area (TPSA) is 67.9 Å². The first-order valence-electron chi connectivity index (χ1n) is 8.00. The van der Waals surface area contributed by atoms with E-state index < -0.39 is 10.0 Å². The summed E-state index contributed by atoms with van der Waals surface area (Å²) in [4.78, 5) is 1.97. The number of sulfonamides is 1. The number of nitrogens with zero attached hydrogens (tertiary/aromatic N) is 1. The third kappa shape index (κ3) is 4.63. The lowest BCUT2D eigenvalue weighted by molar-refractivity contribution is 0.123.